The number of rotatable bonds is 5. The fraction of sp³-hybridized carbons (Fsp3) is 0.364. The minimum atomic E-state index is -0.452. The Hall–Kier alpha value is -2.22. The van der Waals surface area contributed by atoms with Crippen LogP contribution in [0.15, 0.2) is 47.4 Å². The molecule has 158 valence electrons. The van der Waals surface area contributed by atoms with Gasteiger partial charge in [-0.05, 0) is 36.9 Å². The first-order valence-corrected chi connectivity index (χ1v) is 11.3. The highest BCUT2D eigenvalue weighted by molar-refractivity contribution is 8.01. The van der Waals surface area contributed by atoms with Gasteiger partial charge in [-0.3, -0.25) is 9.59 Å². The quantitative estimate of drug-likeness (QED) is 0.741. The van der Waals surface area contributed by atoms with Crippen molar-refractivity contribution in [2.75, 3.05) is 43.4 Å². The molecule has 2 aliphatic rings. The molecule has 1 atom stereocenters. The molecule has 0 bridgehead atoms. The van der Waals surface area contributed by atoms with Gasteiger partial charge in [0.1, 0.15) is 0 Å². The average Bonchev–Trinajstić information content (AvgIpc) is 2.74. The number of carbonyl (C=O) groups excluding carboxylic acids is 2. The molecule has 2 aromatic rings. The van der Waals surface area contributed by atoms with E-state index in [1.807, 2.05) is 18.2 Å². The highest BCUT2D eigenvalue weighted by atomic mass is 35.5. The summed E-state index contributed by atoms with van der Waals surface area (Å²) in [5.74, 6) is -0.295. The van der Waals surface area contributed by atoms with Gasteiger partial charge in [-0.15, -0.1) is 11.8 Å². The molecule has 0 radical (unpaired) electrons. The number of halogens is 1. The van der Waals surface area contributed by atoms with E-state index in [4.69, 9.17) is 11.6 Å². The van der Waals surface area contributed by atoms with Crippen molar-refractivity contribution in [2.45, 2.75) is 23.1 Å². The lowest BCUT2D eigenvalue weighted by Gasteiger charge is -2.35. The first-order valence-electron chi connectivity index (χ1n) is 10.0. The molecule has 0 aromatic heterocycles. The van der Waals surface area contributed by atoms with Crippen LogP contribution in [0.2, 0.25) is 5.02 Å². The minimum absolute atomic E-state index is 0.131. The summed E-state index contributed by atoms with van der Waals surface area (Å²) in [6, 6.07) is 13.6. The molecule has 0 aliphatic carbocycles. The number of nitrogens with one attached hydrogen (secondary N) is 2. The van der Waals surface area contributed by atoms with Gasteiger partial charge in [0.2, 0.25) is 11.8 Å². The van der Waals surface area contributed by atoms with Crippen molar-refractivity contribution in [2.24, 2.45) is 0 Å². The molecule has 30 heavy (non-hydrogen) atoms. The van der Waals surface area contributed by atoms with Crippen molar-refractivity contribution >= 4 is 46.6 Å². The number of benzene rings is 2. The van der Waals surface area contributed by atoms with Crippen molar-refractivity contribution in [3.05, 3.63) is 53.1 Å². The number of amides is 2. The van der Waals surface area contributed by atoms with E-state index in [0.29, 0.717) is 17.3 Å². The number of carbonyl (C=O) groups is 2. The van der Waals surface area contributed by atoms with Gasteiger partial charge in [0.15, 0.2) is 0 Å². The predicted octanol–water partition coefficient (Wildman–Crippen LogP) is 3.21. The van der Waals surface area contributed by atoms with Crippen molar-refractivity contribution < 1.29 is 9.59 Å². The fourth-order valence-electron chi connectivity index (χ4n) is 3.71. The van der Waals surface area contributed by atoms with Crippen LogP contribution >= 0.6 is 23.4 Å². The van der Waals surface area contributed by atoms with E-state index >= 15 is 0 Å². The van der Waals surface area contributed by atoms with Gasteiger partial charge in [-0.2, -0.15) is 0 Å². The highest BCUT2D eigenvalue weighted by Gasteiger charge is 2.29. The third-order valence-corrected chi connectivity index (χ3v) is 6.95. The molecule has 0 spiro atoms. The molecule has 6 nitrogen and oxygen atoms in total. The highest BCUT2D eigenvalue weighted by Crippen LogP contribution is 2.38. The largest absolute Gasteiger partial charge is 0.369 e. The van der Waals surface area contributed by atoms with Gasteiger partial charge in [-0.25, -0.2) is 0 Å². The van der Waals surface area contributed by atoms with Gasteiger partial charge >= 0.3 is 0 Å². The van der Waals surface area contributed by atoms with E-state index in [9.17, 15) is 9.59 Å². The summed E-state index contributed by atoms with van der Waals surface area (Å²) in [4.78, 5) is 30.6. The van der Waals surface area contributed by atoms with E-state index in [-0.39, 0.29) is 18.2 Å². The molecule has 2 N–H and O–H groups in total. The summed E-state index contributed by atoms with van der Waals surface area (Å²) in [6.45, 7) is 4.46. The average molecular weight is 445 g/mol. The van der Waals surface area contributed by atoms with Crippen molar-refractivity contribution in [3.8, 4) is 0 Å². The second-order valence-electron chi connectivity index (χ2n) is 7.64. The summed E-state index contributed by atoms with van der Waals surface area (Å²) in [6.07, 6.45) is 0.134. The SMILES string of the molecule is CN1CCN(c2ccccc2CNC(=O)CC2Sc3ccc(Cl)cc3NC2=O)CC1. The molecule has 1 fully saturated rings. The zero-order valence-corrected chi connectivity index (χ0v) is 18.4. The molecular weight excluding hydrogens is 420 g/mol. The predicted molar refractivity (Wildman–Crippen MR) is 122 cm³/mol. The van der Waals surface area contributed by atoms with Crippen LogP contribution in [0.5, 0.6) is 0 Å². The Kier molecular flexibility index (Phi) is 6.51. The van der Waals surface area contributed by atoms with Gasteiger partial charge in [0.05, 0.1) is 10.9 Å². The van der Waals surface area contributed by atoms with Gasteiger partial charge < -0.3 is 20.4 Å². The lowest BCUT2D eigenvalue weighted by atomic mass is 10.1. The van der Waals surface area contributed by atoms with Crippen LogP contribution in [0.3, 0.4) is 0 Å². The Morgan fingerprint density at radius 1 is 1.20 bits per heavy atom. The van der Waals surface area contributed by atoms with E-state index in [2.05, 4.69) is 39.6 Å². The summed E-state index contributed by atoms with van der Waals surface area (Å²) < 4.78 is 0. The Bertz CT molecular complexity index is 946. The number of hydrogen-bond acceptors (Lipinski definition) is 5. The summed E-state index contributed by atoms with van der Waals surface area (Å²) in [7, 11) is 2.13. The lowest BCUT2D eigenvalue weighted by molar-refractivity contribution is -0.124. The number of para-hydroxylation sites is 1. The van der Waals surface area contributed by atoms with Crippen LogP contribution < -0.4 is 15.5 Å². The third-order valence-electron chi connectivity index (χ3n) is 5.44. The maximum Gasteiger partial charge on any atom is 0.238 e. The zero-order valence-electron chi connectivity index (χ0n) is 16.9. The second kappa shape index (κ2) is 9.29. The Balaban J connectivity index is 1.35. The Morgan fingerprint density at radius 2 is 1.97 bits per heavy atom. The first kappa shape index (κ1) is 21.0. The zero-order chi connectivity index (χ0) is 21.1. The van der Waals surface area contributed by atoms with Crippen molar-refractivity contribution in [1.29, 1.82) is 0 Å². The normalized spacial score (nSPS) is 19.2. The Morgan fingerprint density at radius 3 is 2.77 bits per heavy atom. The maximum absolute atomic E-state index is 12.6. The van der Waals surface area contributed by atoms with E-state index < -0.39 is 5.25 Å². The minimum Gasteiger partial charge on any atom is -0.369 e. The van der Waals surface area contributed by atoms with Gasteiger partial charge in [0, 0.05) is 54.8 Å². The molecule has 2 aliphatic heterocycles. The molecule has 4 rings (SSSR count). The number of thioether (sulfide) groups is 1. The molecule has 8 heteroatoms. The van der Waals surface area contributed by atoms with E-state index in [1.54, 1.807) is 12.1 Å². The topological polar surface area (TPSA) is 64.7 Å². The molecule has 1 saturated heterocycles. The second-order valence-corrected chi connectivity index (χ2v) is 9.32. The molecule has 2 heterocycles. The number of anilines is 2. The van der Waals surface area contributed by atoms with Gasteiger partial charge in [0.25, 0.3) is 0 Å². The number of likely N-dealkylation sites (N-methyl/N-ethyl adjacent to an activating group) is 1. The van der Waals surface area contributed by atoms with Crippen molar-refractivity contribution in [1.82, 2.24) is 10.2 Å². The third kappa shape index (κ3) is 4.91. The van der Waals surface area contributed by atoms with Crippen LogP contribution in [0.25, 0.3) is 0 Å². The lowest BCUT2D eigenvalue weighted by Crippen LogP contribution is -2.45. The number of hydrogen-bond donors (Lipinski definition) is 2. The van der Waals surface area contributed by atoms with Crippen LogP contribution in [-0.2, 0) is 16.1 Å². The molecule has 2 aromatic carbocycles. The summed E-state index contributed by atoms with van der Waals surface area (Å²) in [5, 5.41) is 5.97. The van der Waals surface area contributed by atoms with Gasteiger partial charge in [-0.1, -0.05) is 29.8 Å². The number of fused-ring (bicyclic) bond motifs is 1. The van der Waals surface area contributed by atoms with Crippen LogP contribution in [-0.4, -0.2) is 55.2 Å². The monoisotopic (exact) mass is 444 g/mol. The number of nitrogens with zero attached hydrogens (tertiary/aromatic N) is 2. The van der Waals surface area contributed by atoms with Crippen LogP contribution in [0.1, 0.15) is 12.0 Å². The molecular formula is C22H25ClN4O2S. The van der Waals surface area contributed by atoms with E-state index in [0.717, 1.165) is 36.6 Å². The first-order chi connectivity index (χ1) is 14.5. The fourth-order valence-corrected chi connectivity index (χ4v) is 4.97. The van der Waals surface area contributed by atoms with Crippen LogP contribution in [0, 0.1) is 0 Å². The van der Waals surface area contributed by atoms with Crippen molar-refractivity contribution in [3.63, 3.8) is 0 Å². The standard InChI is InChI=1S/C22H25ClN4O2S/c1-26-8-10-27(11-9-26)18-5-3-2-4-15(18)14-24-21(28)13-20-22(29)25-17-12-16(23)6-7-19(17)30-20/h2-7,12,20H,8-11,13-14H2,1H3,(H,24,28)(H,25,29). The van der Waals surface area contributed by atoms with Crippen LogP contribution in [0.4, 0.5) is 11.4 Å². The smallest absolute Gasteiger partial charge is 0.238 e. The van der Waals surface area contributed by atoms with E-state index in [1.165, 1.54) is 17.4 Å². The maximum atomic E-state index is 12.6. The molecule has 0 saturated carbocycles. The molecule has 1 unspecified atom stereocenters. The summed E-state index contributed by atoms with van der Waals surface area (Å²) in [5.41, 5.74) is 2.97. The molecule has 2 amide bonds. The number of piperazine rings is 1. The summed E-state index contributed by atoms with van der Waals surface area (Å²) >= 11 is 7.40. The Labute approximate surface area is 185 Å².